The quantitative estimate of drug-likeness (QED) is 0.809. The van der Waals surface area contributed by atoms with Crippen molar-refractivity contribution in [1.29, 1.82) is 0 Å². The number of nitrogens with one attached hydrogen (secondary N) is 1. The predicted molar refractivity (Wildman–Crippen MR) is 104 cm³/mol. The molecular formula is C20H26N2O3S. The van der Waals surface area contributed by atoms with Gasteiger partial charge in [0.25, 0.3) is 5.91 Å². The van der Waals surface area contributed by atoms with Crippen molar-refractivity contribution < 1.29 is 13.2 Å². The van der Waals surface area contributed by atoms with E-state index in [1.807, 2.05) is 31.2 Å². The number of carbonyl (C=O) groups excluding carboxylic acids is 1. The molecular weight excluding hydrogens is 348 g/mol. The topological polar surface area (TPSA) is 66.5 Å². The van der Waals surface area contributed by atoms with Crippen molar-refractivity contribution in [1.82, 2.24) is 9.62 Å². The maximum absolute atomic E-state index is 12.7. The van der Waals surface area contributed by atoms with E-state index in [-0.39, 0.29) is 10.8 Å². The summed E-state index contributed by atoms with van der Waals surface area (Å²) < 4.78 is 26.8. The van der Waals surface area contributed by atoms with Gasteiger partial charge in [-0.05, 0) is 42.7 Å². The summed E-state index contributed by atoms with van der Waals surface area (Å²) in [5.74, 6) is -0.276. The zero-order valence-electron chi connectivity index (χ0n) is 15.7. The van der Waals surface area contributed by atoms with Gasteiger partial charge >= 0.3 is 0 Å². The molecule has 0 saturated heterocycles. The third kappa shape index (κ3) is 4.31. The van der Waals surface area contributed by atoms with Gasteiger partial charge in [-0.1, -0.05) is 44.2 Å². The number of rotatable bonds is 7. The molecule has 26 heavy (non-hydrogen) atoms. The number of benzene rings is 2. The summed E-state index contributed by atoms with van der Waals surface area (Å²) in [5.41, 5.74) is 3.25. The van der Waals surface area contributed by atoms with E-state index in [4.69, 9.17) is 0 Å². The minimum Gasteiger partial charge on any atom is -0.348 e. The van der Waals surface area contributed by atoms with Gasteiger partial charge in [0, 0.05) is 25.2 Å². The molecule has 0 unspecified atom stereocenters. The summed E-state index contributed by atoms with van der Waals surface area (Å²) in [4.78, 5) is 12.8. The fourth-order valence-electron chi connectivity index (χ4n) is 2.80. The van der Waals surface area contributed by atoms with Crippen molar-refractivity contribution in [3.8, 4) is 0 Å². The first-order valence-electron chi connectivity index (χ1n) is 8.74. The zero-order valence-corrected chi connectivity index (χ0v) is 16.6. The molecule has 0 aliphatic rings. The molecule has 0 bridgehead atoms. The molecule has 0 atom stereocenters. The molecule has 0 radical (unpaired) electrons. The Labute approximate surface area is 156 Å². The maximum atomic E-state index is 12.7. The fourth-order valence-corrected chi connectivity index (χ4v) is 4.28. The molecule has 5 nitrogen and oxygen atoms in total. The summed E-state index contributed by atoms with van der Waals surface area (Å²) in [5, 5.41) is 2.89. The van der Waals surface area contributed by atoms with Crippen LogP contribution >= 0.6 is 0 Å². The van der Waals surface area contributed by atoms with Gasteiger partial charge in [0.05, 0.1) is 4.90 Å². The molecule has 0 spiro atoms. The number of sulfonamides is 1. The van der Waals surface area contributed by atoms with Crippen molar-refractivity contribution in [2.24, 2.45) is 0 Å². The molecule has 0 aliphatic heterocycles. The lowest BCUT2D eigenvalue weighted by Gasteiger charge is -2.19. The van der Waals surface area contributed by atoms with Crippen LogP contribution in [0.3, 0.4) is 0 Å². The molecule has 6 heteroatoms. The molecule has 0 fully saturated rings. The Hall–Kier alpha value is -2.18. The first-order chi connectivity index (χ1) is 12.3. The van der Waals surface area contributed by atoms with E-state index < -0.39 is 10.0 Å². The Bertz CT molecular complexity index is 888. The van der Waals surface area contributed by atoms with Crippen LogP contribution in [0.25, 0.3) is 0 Å². The predicted octanol–water partition coefficient (Wildman–Crippen LogP) is 3.26. The Morgan fingerprint density at radius 1 is 1.00 bits per heavy atom. The number of carbonyl (C=O) groups is 1. The average molecular weight is 375 g/mol. The van der Waals surface area contributed by atoms with Crippen LogP contribution in [-0.2, 0) is 16.6 Å². The van der Waals surface area contributed by atoms with E-state index in [9.17, 15) is 13.2 Å². The normalized spacial score (nSPS) is 11.6. The largest absolute Gasteiger partial charge is 0.348 e. The van der Waals surface area contributed by atoms with E-state index in [1.54, 1.807) is 32.9 Å². The van der Waals surface area contributed by atoms with Gasteiger partial charge in [0.1, 0.15) is 0 Å². The summed E-state index contributed by atoms with van der Waals surface area (Å²) in [6.45, 7) is 8.57. The maximum Gasteiger partial charge on any atom is 0.251 e. The zero-order chi connectivity index (χ0) is 19.3. The van der Waals surface area contributed by atoms with E-state index >= 15 is 0 Å². The van der Waals surface area contributed by atoms with Crippen LogP contribution < -0.4 is 5.32 Å². The fraction of sp³-hybridized carbons (Fsp3) is 0.350. The Morgan fingerprint density at radius 2 is 1.65 bits per heavy atom. The highest BCUT2D eigenvalue weighted by molar-refractivity contribution is 7.89. The summed E-state index contributed by atoms with van der Waals surface area (Å²) >= 11 is 0. The molecule has 2 rings (SSSR count). The molecule has 2 aromatic rings. The van der Waals surface area contributed by atoms with Crippen LogP contribution in [0, 0.1) is 13.8 Å². The van der Waals surface area contributed by atoms with Crippen LogP contribution in [0.4, 0.5) is 0 Å². The lowest BCUT2D eigenvalue weighted by molar-refractivity contribution is 0.0950. The minimum atomic E-state index is -3.59. The third-order valence-electron chi connectivity index (χ3n) is 4.50. The van der Waals surface area contributed by atoms with Crippen molar-refractivity contribution in [3.63, 3.8) is 0 Å². The van der Waals surface area contributed by atoms with Crippen LogP contribution in [0.2, 0.25) is 0 Å². The van der Waals surface area contributed by atoms with Crippen LogP contribution in [0.5, 0.6) is 0 Å². The third-order valence-corrected chi connectivity index (χ3v) is 6.54. The number of nitrogens with zero attached hydrogens (tertiary/aromatic N) is 1. The Kier molecular flexibility index (Phi) is 6.56. The SMILES string of the molecule is CCN(CC)S(=O)(=O)c1ccc(C)c(C(=O)NCc2ccccc2C)c1. The second-order valence-electron chi connectivity index (χ2n) is 6.18. The molecule has 0 heterocycles. The second kappa shape index (κ2) is 8.47. The van der Waals surface area contributed by atoms with Crippen LogP contribution in [0.1, 0.15) is 40.9 Å². The highest BCUT2D eigenvalue weighted by atomic mass is 32.2. The first kappa shape index (κ1) is 20.1. The van der Waals surface area contributed by atoms with Crippen molar-refractivity contribution in [2.45, 2.75) is 39.1 Å². The van der Waals surface area contributed by atoms with E-state index in [2.05, 4.69) is 5.32 Å². The highest BCUT2D eigenvalue weighted by Gasteiger charge is 2.23. The van der Waals surface area contributed by atoms with E-state index in [1.165, 1.54) is 10.4 Å². The standard InChI is InChI=1S/C20H26N2O3S/c1-5-22(6-2)26(24,25)18-12-11-16(4)19(13-18)20(23)21-14-17-10-8-7-9-15(17)3/h7-13H,5-6,14H2,1-4H3,(H,21,23). The molecule has 0 saturated carbocycles. The monoisotopic (exact) mass is 374 g/mol. The van der Waals surface area contributed by atoms with Gasteiger partial charge in [-0.3, -0.25) is 4.79 Å². The highest BCUT2D eigenvalue weighted by Crippen LogP contribution is 2.20. The molecule has 1 amide bonds. The van der Waals surface area contributed by atoms with Gasteiger partial charge in [-0.15, -0.1) is 0 Å². The lowest BCUT2D eigenvalue weighted by Crippen LogP contribution is -2.31. The summed E-state index contributed by atoms with van der Waals surface area (Å²) in [6.07, 6.45) is 0. The van der Waals surface area contributed by atoms with E-state index in [0.29, 0.717) is 25.2 Å². The summed E-state index contributed by atoms with van der Waals surface area (Å²) in [6, 6.07) is 12.5. The van der Waals surface area contributed by atoms with E-state index in [0.717, 1.165) is 16.7 Å². The Balaban J connectivity index is 2.26. The lowest BCUT2D eigenvalue weighted by atomic mass is 10.1. The number of amides is 1. The molecule has 0 aliphatic carbocycles. The van der Waals surface area contributed by atoms with Gasteiger partial charge in [0.15, 0.2) is 0 Å². The smallest absolute Gasteiger partial charge is 0.251 e. The second-order valence-corrected chi connectivity index (χ2v) is 8.11. The minimum absolute atomic E-state index is 0.146. The van der Waals surface area contributed by atoms with Crippen molar-refractivity contribution in [3.05, 3.63) is 64.7 Å². The number of hydrogen-bond acceptors (Lipinski definition) is 3. The molecule has 1 N–H and O–H groups in total. The molecule has 0 aromatic heterocycles. The molecule has 140 valence electrons. The number of hydrogen-bond donors (Lipinski definition) is 1. The van der Waals surface area contributed by atoms with Crippen LogP contribution in [0.15, 0.2) is 47.4 Å². The van der Waals surface area contributed by atoms with Crippen molar-refractivity contribution in [2.75, 3.05) is 13.1 Å². The van der Waals surface area contributed by atoms with Gasteiger partial charge in [-0.2, -0.15) is 4.31 Å². The van der Waals surface area contributed by atoms with Gasteiger partial charge in [0.2, 0.25) is 10.0 Å². The van der Waals surface area contributed by atoms with Crippen LogP contribution in [-0.4, -0.2) is 31.7 Å². The van der Waals surface area contributed by atoms with Gasteiger partial charge in [-0.25, -0.2) is 8.42 Å². The summed E-state index contributed by atoms with van der Waals surface area (Å²) in [7, 11) is -3.59. The Morgan fingerprint density at radius 3 is 2.27 bits per heavy atom. The number of aryl methyl sites for hydroxylation is 2. The average Bonchev–Trinajstić information content (AvgIpc) is 2.61. The van der Waals surface area contributed by atoms with Gasteiger partial charge < -0.3 is 5.32 Å². The molecule has 2 aromatic carbocycles. The first-order valence-corrected chi connectivity index (χ1v) is 10.2. The van der Waals surface area contributed by atoms with Crippen molar-refractivity contribution >= 4 is 15.9 Å².